The number of unbranched alkanes of at least 4 members (excludes halogenated alkanes) is 2. The van der Waals surface area contributed by atoms with E-state index in [4.69, 9.17) is 10.3 Å². The molecule has 1 aliphatic carbocycles. The van der Waals surface area contributed by atoms with Crippen LogP contribution in [0.25, 0.3) is 0 Å². The van der Waals surface area contributed by atoms with Crippen molar-refractivity contribution >= 4 is 31.3 Å². The van der Waals surface area contributed by atoms with Gasteiger partial charge in [0.2, 0.25) is 11.8 Å². The van der Waals surface area contributed by atoms with Gasteiger partial charge < -0.3 is 31.3 Å². The molecule has 5 atom stereocenters. The first-order valence-corrected chi connectivity index (χ1v) is 16.0. The van der Waals surface area contributed by atoms with Crippen LogP contribution in [0.5, 0.6) is 0 Å². The van der Waals surface area contributed by atoms with E-state index < -0.39 is 49.4 Å². The summed E-state index contributed by atoms with van der Waals surface area (Å²) in [6.45, 7) is 3.87. The lowest BCUT2D eigenvalue weighted by Gasteiger charge is -2.30. The molecule has 0 bridgehead atoms. The van der Waals surface area contributed by atoms with Crippen molar-refractivity contribution in [1.29, 1.82) is 0 Å². The molecule has 12 nitrogen and oxygen atoms in total. The second-order valence-corrected chi connectivity index (χ2v) is 12.6. The van der Waals surface area contributed by atoms with Crippen LogP contribution in [0.15, 0.2) is 0 Å². The highest BCUT2D eigenvalue weighted by Crippen LogP contribution is 2.49. The van der Waals surface area contributed by atoms with Crippen LogP contribution in [0.4, 0.5) is 0 Å². The summed E-state index contributed by atoms with van der Waals surface area (Å²) in [5, 5.41) is 14.9. The summed E-state index contributed by atoms with van der Waals surface area (Å²) >= 11 is 0. The number of carbonyl (C=O) groups is 4. The normalized spacial score (nSPS) is 21.9. The Hall–Kier alpha value is -2.01. The number of hydrogen-bond acceptors (Lipinski definition) is 7. The summed E-state index contributed by atoms with van der Waals surface area (Å²) in [5.41, 5.74) is 5.60. The van der Waals surface area contributed by atoms with Crippen molar-refractivity contribution in [3.63, 3.8) is 0 Å². The van der Waals surface area contributed by atoms with Gasteiger partial charge >= 0.3 is 13.6 Å². The fraction of sp³-hybridized carbons (Fsp3) is 0.846. The number of aliphatic carboxylic acids is 1. The summed E-state index contributed by atoms with van der Waals surface area (Å²) in [7, 11) is -4.57. The molecule has 2 unspecified atom stereocenters. The average molecular weight is 575 g/mol. The molecule has 0 aromatic rings. The molecule has 2 aliphatic rings. The minimum absolute atomic E-state index is 0.129. The Morgan fingerprint density at radius 2 is 1.72 bits per heavy atom. The number of amides is 3. The predicted molar refractivity (Wildman–Crippen MR) is 146 cm³/mol. The number of carbonyl (C=O) groups excluding carboxylic acids is 3. The van der Waals surface area contributed by atoms with Crippen molar-refractivity contribution in [1.82, 2.24) is 15.5 Å². The smallest absolute Gasteiger partial charge is 0.350 e. The van der Waals surface area contributed by atoms with Crippen molar-refractivity contribution in [3.8, 4) is 0 Å². The van der Waals surface area contributed by atoms with E-state index in [-0.39, 0.29) is 24.8 Å². The molecule has 1 aliphatic heterocycles. The zero-order valence-electron chi connectivity index (χ0n) is 23.3. The summed E-state index contributed by atoms with van der Waals surface area (Å²) in [6, 6.07) is -1.89. The monoisotopic (exact) mass is 574 g/mol. The molecule has 224 valence electrons. The highest BCUT2D eigenvalue weighted by molar-refractivity contribution is 7.53. The highest BCUT2D eigenvalue weighted by Gasteiger charge is 2.41. The summed E-state index contributed by atoms with van der Waals surface area (Å²) in [5.74, 6) is -4.04. The lowest BCUT2D eigenvalue weighted by Crippen LogP contribution is -2.51. The largest absolute Gasteiger partial charge is 0.480 e. The van der Waals surface area contributed by atoms with Crippen LogP contribution in [-0.4, -0.2) is 75.7 Å². The van der Waals surface area contributed by atoms with E-state index >= 15 is 0 Å². The van der Waals surface area contributed by atoms with Crippen molar-refractivity contribution in [2.24, 2.45) is 11.7 Å². The maximum Gasteiger partial charge on any atom is 0.350 e. The molecule has 3 amide bonds. The van der Waals surface area contributed by atoms with Gasteiger partial charge in [-0.05, 0) is 64.8 Å². The molecule has 13 heteroatoms. The number of likely N-dealkylation sites (tertiary alicyclic amines) is 1. The third-order valence-electron chi connectivity index (χ3n) is 7.57. The van der Waals surface area contributed by atoms with Gasteiger partial charge in [-0.25, -0.2) is 4.79 Å². The molecule has 1 saturated heterocycles. The minimum atomic E-state index is -4.57. The third-order valence-corrected chi connectivity index (χ3v) is 9.36. The Labute approximate surface area is 231 Å². The third kappa shape index (κ3) is 10.2. The Bertz CT molecular complexity index is 882. The van der Waals surface area contributed by atoms with Gasteiger partial charge in [-0.1, -0.05) is 39.0 Å². The zero-order chi connectivity index (χ0) is 29.0. The van der Waals surface area contributed by atoms with Crippen LogP contribution in [-0.2, 0) is 28.3 Å². The molecule has 0 aromatic heterocycles. The number of carboxylic acid groups (broad SMARTS) is 1. The Kier molecular flexibility index (Phi) is 13.9. The first-order valence-electron chi connectivity index (χ1n) is 14.4. The van der Waals surface area contributed by atoms with Crippen LogP contribution in [0.3, 0.4) is 0 Å². The van der Waals surface area contributed by atoms with E-state index in [0.717, 1.165) is 37.0 Å². The van der Waals surface area contributed by atoms with Crippen LogP contribution < -0.4 is 16.4 Å². The fourth-order valence-electron chi connectivity index (χ4n) is 5.26. The second kappa shape index (κ2) is 16.3. The first kappa shape index (κ1) is 33.2. The van der Waals surface area contributed by atoms with Crippen molar-refractivity contribution in [2.45, 2.75) is 121 Å². The molecule has 2 rings (SSSR count). The number of nitrogens with one attached hydrogen (secondary N) is 2. The molecule has 1 heterocycles. The summed E-state index contributed by atoms with van der Waals surface area (Å²) < 4.78 is 18.7. The Morgan fingerprint density at radius 3 is 2.33 bits per heavy atom. The van der Waals surface area contributed by atoms with Gasteiger partial charge in [0.15, 0.2) is 0 Å². The van der Waals surface area contributed by atoms with E-state index in [1.165, 1.54) is 6.92 Å². The number of hydrogen-bond donors (Lipinski definition) is 5. The number of nitrogens with two attached hydrogens (primary N) is 1. The molecule has 39 heavy (non-hydrogen) atoms. The van der Waals surface area contributed by atoms with Crippen molar-refractivity contribution in [2.75, 3.05) is 13.1 Å². The zero-order valence-corrected chi connectivity index (χ0v) is 24.2. The SMILES string of the molecule is CCCCC(NC(=O)[C@H](CCCCN)NC(=O)C1CCCCC1)P(=O)(O)O[C@@H](C)C(=O)N1CCC[C@H]1C(=O)O. The molecule has 2 fully saturated rings. The van der Waals surface area contributed by atoms with E-state index in [1.807, 2.05) is 6.92 Å². The maximum atomic E-state index is 13.4. The molecule has 0 aromatic carbocycles. The molecule has 0 radical (unpaired) electrons. The maximum absolute atomic E-state index is 13.4. The highest BCUT2D eigenvalue weighted by atomic mass is 31.2. The average Bonchev–Trinajstić information content (AvgIpc) is 3.40. The Morgan fingerprint density at radius 1 is 1.03 bits per heavy atom. The van der Waals surface area contributed by atoms with E-state index in [1.54, 1.807) is 0 Å². The van der Waals surface area contributed by atoms with E-state index in [9.17, 15) is 33.7 Å². The minimum Gasteiger partial charge on any atom is -0.480 e. The number of carboxylic acids is 1. The standard InChI is InChI=1S/C26H47N4O8P/c1-3-4-15-22(39(36,37)38-18(2)25(33)30-17-10-14-21(30)26(34)35)29-24(32)20(13-8-9-16-27)28-23(31)19-11-6-5-7-12-19/h18-22H,3-17,27H2,1-2H3,(H,28,31)(H,29,32)(H,34,35)(H,36,37)/t18-,20-,21-,22?/m0/s1. The molecule has 6 N–H and O–H groups in total. The van der Waals surface area contributed by atoms with Crippen LogP contribution in [0.2, 0.25) is 0 Å². The van der Waals surface area contributed by atoms with E-state index in [0.29, 0.717) is 51.5 Å². The predicted octanol–water partition coefficient (Wildman–Crippen LogP) is 2.48. The molecular weight excluding hydrogens is 527 g/mol. The van der Waals surface area contributed by atoms with Gasteiger partial charge in [-0.15, -0.1) is 0 Å². The summed E-state index contributed by atoms with van der Waals surface area (Å²) in [4.78, 5) is 62.6. The van der Waals surface area contributed by atoms with E-state index in [2.05, 4.69) is 10.6 Å². The molecule has 1 saturated carbocycles. The number of nitrogens with zero attached hydrogens (tertiary/aromatic N) is 1. The van der Waals surface area contributed by atoms with Gasteiger partial charge in [0.05, 0.1) is 0 Å². The second-order valence-electron chi connectivity index (χ2n) is 10.7. The number of rotatable bonds is 16. The molecule has 0 spiro atoms. The topological polar surface area (TPSA) is 188 Å². The van der Waals surface area contributed by atoms with Gasteiger partial charge in [0, 0.05) is 12.5 Å². The van der Waals surface area contributed by atoms with Crippen LogP contribution in [0.1, 0.15) is 97.3 Å². The summed E-state index contributed by atoms with van der Waals surface area (Å²) in [6.07, 6.45) is 6.92. The van der Waals surface area contributed by atoms with Gasteiger partial charge in [0.1, 0.15) is 24.0 Å². The Balaban J connectivity index is 2.12. The van der Waals surface area contributed by atoms with Crippen LogP contribution in [0, 0.1) is 5.92 Å². The fourth-order valence-corrected chi connectivity index (χ4v) is 6.75. The molecular formula is C26H47N4O8P. The van der Waals surface area contributed by atoms with Crippen molar-refractivity contribution in [3.05, 3.63) is 0 Å². The van der Waals surface area contributed by atoms with Crippen LogP contribution >= 0.6 is 7.60 Å². The lowest BCUT2D eigenvalue weighted by atomic mass is 9.88. The first-order chi connectivity index (χ1) is 18.5. The quantitative estimate of drug-likeness (QED) is 0.136. The van der Waals surface area contributed by atoms with Gasteiger partial charge in [-0.2, -0.15) is 0 Å². The van der Waals surface area contributed by atoms with Gasteiger partial charge in [-0.3, -0.25) is 23.5 Å². The van der Waals surface area contributed by atoms with Crippen molar-refractivity contribution < 1.29 is 38.3 Å². The lowest BCUT2D eigenvalue weighted by molar-refractivity contribution is -0.151. The van der Waals surface area contributed by atoms with Gasteiger partial charge in [0.25, 0.3) is 5.91 Å².